The maximum absolute atomic E-state index is 11.6. The summed E-state index contributed by atoms with van der Waals surface area (Å²) in [7, 11) is 0. The summed E-state index contributed by atoms with van der Waals surface area (Å²) in [4.78, 5) is 11.6. The van der Waals surface area contributed by atoms with Crippen molar-refractivity contribution in [2.75, 3.05) is 12.0 Å². The Morgan fingerprint density at radius 3 is 2.81 bits per heavy atom. The Bertz CT molecular complexity index is 355. The summed E-state index contributed by atoms with van der Waals surface area (Å²) < 4.78 is 5.69. The molecule has 0 spiro atoms. The Kier molecular flexibility index (Phi) is 3.85. The molecular formula is C12H15NO2S. The van der Waals surface area contributed by atoms with Crippen LogP contribution in [0.5, 0.6) is 0 Å². The maximum Gasteiger partial charge on any atom is 0.251 e. The second-order valence-electron chi connectivity index (χ2n) is 3.71. The van der Waals surface area contributed by atoms with Gasteiger partial charge in [-0.3, -0.25) is 4.79 Å². The van der Waals surface area contributed by atoms with Gasteiger partial charge in [-0.2, -0.15) is 11.8 Å². The van der Waals surface area contributed by atoms with E-state index in [1.807, 2.05) is 36.6 Å². The molecule has 2 unspecified atom stereocenters. The number of nitrogens with one attached hydrogen (secondary N) is 1. The molecule has 0 radical (unpaired) electrons. The minimum atomic E-state index is -0.294. The van der Waals surface area contributed by atoms with Gasteiger partial charge in [-0.05, 0) is 18.4 Å². The molecule has 1 saturated heterocycles. The van der Waals surface area contributed by atoms with Gasteiger partial charge in [-0.1, -0.05) is 30.3 Å². The van der Waals surface area contributed by atoms with E-state index in [1.54, 1.807) is 11.8 Å². The molecule has 3 nitrogen and oxygen atoms in total. The third kappa shape index (κ3) is 2.57. The Labute approximate surface area is 99.6 Å². The fourth-order valence-corrected chi connectivity index (χ4v) is 2.15. The normalized spacial score (nSPS) is 24.4. The first kappa shape index (κ1) is 11.5. The first-order chi connectivity index (χ1) is 7.81. The number of rotatable bonds is 4. The number of carbonyl (C=O) groups is 1. The number of carbonyl (C=O) groups excluding carboxylic acids is 1. The zero-order chi connectivity index (χ0) is 11.4. The first-order valence-electron chi connectivity index (χ1n) is 5.31. The van der Waals surface area contributed by atoms with Crippen LogP contribution >= 0.6 is 11.8 Å². The Hall–Kier alpha value is -1.00. The van der Waals surface area contributed by atoms with E-state index in [4.69, 9.17) is 4.74 Å². The van der Waals surface area contributed by atoms with Gasteiger partial charge in [0, 0.05) is 5.56 Å². The second-order valence-corrected chi connectivity index (χ2v) is 4.69. The largest absolute Gasteiger partial charge is 0.341 e. The van der Waals surface area contributed by atoms with Crippen molar-refractivity contribution in [1.29, 1.82) is 0 Å². The molecule has 0 aromatic heterocycles. The lowest BCUT2D eigenvalue weighted by molar-refractivity contribution is -0.123. The van der Waals surface area contributed by atoms with E-state index >= 15 is 0 Å². The lowest BCUT2D eigenvalue weighted by Gasteiger charge is -2.10. The third-order valence-corrected chi connectivity index (χ3v) is 3.20. The summed E-state index contributed by atoms with van der Waals surface area (Å²) in [5.74, 6) is 0.947. The Morgan fingerprint density at radius 1 is 1.38 bits per heavy atom. The lowest BCUT2D eigenvalue weighted by atomic mass is 10.2. The van der Waals surface area contributed by atoms with Crippen molar-refractivity contribution in [3.8, 4) is 0 Å². The van der Waals surface area contributed by atoms with Crippen LogP contribution in [-0.2, 0) is 9.53 Å². The van der Waals surface area contributed by atoms with Crippen molar-refractivity contribution in [2.24, 2.45) is 0 Å². The van der Waals surface area contributed by atoms with Gasteiger partial charge in [0.15, 0.2) is 6.23 Å². The zero-order valence-corrected chi connectivity index (χ0v) is 10.00. The average Bonchev–Trinajstić information content (AvgIpc) is 2.69. The summed E-state index contributed by atoms with van der Waals surface area (Å²) in [6, 6.07) is 9.76. The fourth-order valence-electron chi connectivity index (χ4n) is 1.70. The molecule has 4 heteroatoms. The summed E-state index contributed by atoms with van der Waals surface area (Å²) in [5, 5.41) is 2.86. The van der Waals surface area contributed by atoms with Gasteiger partial charge in [0.2, 0.25) is 0 Å². The monoisotopic (exact) mass is 237 g/mol. The molecule has 1 aromatic carbocycles. The quantitative estimate of drug-likeness (QED) is 0.870. The molecule has 0 aliphatic carbocycles. The molecule has 1 aliphatic heterocycles. The van der Waals surface area contributed by atoms with Crippen LogP contribution in [0.3, 0.4) is 0 Å². The van der Waals surface area contributed by atoms with Gasteiger partial charge >= 0.3 is 0 Å². The van der Waals surface area contributed by atoms with Crippen molar-refractivity contribution in [3.63, 3.8) is 0 Å². The van der Waals surface area contributed by atoms with Crippen LogP contribution in [0.2, 0.25) is 0 Å². The second kappa shape index (κ2) is 5.37. The number of benzene rings is 1. The number of hydrogen-bond donors (Lipinski definition) is 1. The molecule has 2 rings (SSSR count). The highest BCUT2D eigenvalue weighted by Crippen LogP contribution is 2.23. The van der Waals surface area contributed by atoms with Crippen molar-refractivity contribution >= 4 is 17.7 Å². The summed E-state index contributed by atoms with van der Waals surface area (Å²) in [6.45, 7) is 0. The first-order valence-corrected chi connectivity index (χ1v) is 6.70. The molecule has 1 N–H and O–H groups in total. The van der Waals surface area contributed by atoms with Gasteiger partial charge in [0.25, 0.3) is 5.91 Å². The lowest BCUT2D eigenvalue weighted by Crippen LogP contribution is -2.24. The van der Waals surface area contributed by atoms with E-state index in [0.29, 0.717) is 0 Å². The van der Waals surface area contributed by atoms with Crippen LogP contribution in [0.25, 0.3) is 0 Å². The minimum absolute atomic E-state index is 0.00269. The summed E-state index contributed by atoms with van der Waals surface area (Å²) in [6.07, 6.45) is 2.23. The molecule has 1 aliphatic rings. The van der Waals surface area contributed by atoms with Crippen molar-refractivity contribution in [1.82, 2.24) is 5.32 Å². The molecule has 16 heavy (non-hydrogen) atoms. The third-order valence-electron chi connectivity index (χ3n) is 2.55. The molecule has 1 aromatic rings. The van der Waals surface area contributed by atoms with Gasteiger partial charge in [-0.25, -0.2) is 0 Å². The summed E-state index contributed by atoms with van der Waals surface area (Å²) in [5.41, 5.74) is 1.00. The van der Waals surface area contributed by atoms with Crippen LogP contribution in [-0.4, -0.2) is 24.0 Å². The van der Waals surface area contributed by atoms with E-state index < -0.39 is 0 Å². The van der Waals surface area contributed by atoms with Crippen LogP contribution in [0.4, 0.5) is 0 Å². The van der Waals surface area contributed by atoms with E-state index in [1.165, 1.54) is 0 Å². The molecule has 86 valence electrons. The molecule has 1 heterocycles. The predicted molar refractivity (Wildman–Crippen MR) is 65.2 cm³/mol. The highest BCUT2D eigenvalue weighted by Gasteiger charge is 2.32. The number of ether oxygens (including phenoxy) is 1. The zero-order valence-electron chi connectivity index (χ0n) is 9.18. The van der Waals surface area contributed by atoms with E-state index in [-0.39, 0.29) is 18.2 Å². The van der Waals surface area contributed by atoms with Crippen LogP contribution in [0, 0.1) is 0 Å². The molecule has 2 atom stereocenters. The van der Waals surface area contributed by atoms with Crippen molar-refractivity contribution < 1.29 is 9.53 Å². The average molecular weight is 237 g/mol. The van der Waals surface area contributed by atoms with Gasteiger partial charge < -0.3 is 10.1 Å². The van der Waals surface area contributed by atoms with Gasteiger partial charge in [0.05, 0.1) is 0 Å². The topological polar surface area (TPSA) is 38.3 Å². The highest BCUT2D eigenvalue weighted by atomic mass is 32.2. The van der Waals surface area contributed by atoms with Gasteiger partial charge in [-0.15, -0.1) is 0 Å². The summed E-state index contributed by atoms with van der Waals surface area (Å²) >= 11 is 1.73. The number of amides is 1. The van der Waals surface area contributed by atoms with Crippen molar-refractivity contribution in [3.05, 3.63) is 35.9 Å². The van der Waals surface area contributed by atoms with E-state index in [2.05, 4.69) is 5.32 Å². The Morgan fingerprint density at radius 2 is 2.12 bits per heavy atom. The fraction of sp³-hybridized carbons (Fsp3) is 0.417. The van der Waals surface area contributed by atoms with E-state index in [9.17, 15) is 4.79 Å². The standard InChI is InChI=1S/C12H15NO2S/c1-16-8-7-10-11(14)13-12(15-10)9-5-3-2-4-6-9/h2-6,10,12H,7-8H2,1H3,(H,13,14). The molecule has 1 amide bonds. The van der Waals surface area contributed by atoms with Crippen LogP contribution < -0.4 is 5.32 Å². The maximum atomic E-state index is 11.6. The predicted octanol–water partition coefficient (Wildman–Crippen LogP) is 1.95. The molecule has 0 bridgehead atoms. The van der Waals surface area contributed by atoms with Crippen LogP contribution in [0.15, 0.2) is 30.3 Å². The smallest absolute Gasteiger partial charge is 0.251 e. The minimum Gasteiger partial charge on any atom is -0.341 e. The SMILES string of the molecule is CSCCC1OC(c2ccccc2)NC1=O. The van der Waals surface area contributed by atoms with Crippen LogP contribution in [0.1, 0.15) is 18.2 Å². The Balaban J connectivity index is 1.98. The number of thioether (sulfide) groups is 1. The number of hydrogen-bond acceptors (Lipinski definition) is 3. The van der Waals surface area contributed by atoms with E-state index in [0.717, 1.165) is 17.7 Å². The molecule has 0 saturated carbocycles. The highest BCUT2D eigenvalue weighted by molar-refractivity contribution is 7.98. The van der Waals surface area contributed by atoms with Gasteiger partial charge in [0.1, 0.15) is 6.10 Å². The molecular weight excluding hydrogens is 222 g/mol. The van der Waals surface area contributed by atoms with Crippen molar-refractivity contribution in [2.45, 2.75) is 18.8 Å². The molecule has 1 fully saturated rings.